The Kier molecular flexibility index (Phi) is 7.47. The summed E-state index contributed by atoms with van der Waals surface area (Å²) in [7, 11) is -2.52. The Balaban J connectivity index is 2.57. The molecule has 0 heterocycles. The summed E-state index contributed by atoms with van der Waals surface area (Å²) in [5.41, 5.74) is 4.43. The molecule has 1 aromatic carbocycles. The van der Waals surface area contributed by atoms with Gasteiger partial charge < -0.3 is 0 Å². The fraction of sp³-hybridized carbons (Fsp3) is 0.429. The van der Waals surface area contributed by atoms with Gasteiger partial charge in [0.1, 0.15) is 0 Å². The Labute approximate surface area is 141 Å². The summed E-state index contributed by atoms with van der Waals surface area (Å²) in [6.45, 7) is 1.53. The van der Waals surface area contributed by atoms with Gasteiger partial charge in [-0.15, -0.1) is 0 Å². The van der Waals surface area contributed by atoms with Gasteiger partial charge in [-0.1, -0.05) is 24.9 Å². The maximum atomic E-state index is 12.3. The van der Waals surface area contributed by atoms with Crippen LogP contribution < -0.4 is 10.9 Å². The van der Waals surface area contributed by atoms with Gasteiger partial charge in [0.15, 0.2) is 0 Å². The van der Waals surface area contributed by atoms with Crippen molar-refractivity contribution < 1.29 is 18.0 Å². The summed E-state index contributed by atoms with van der Waals surface area (Å²) in [6, 6.07) is 5.63. The van der Waals surface area contributed by atoms with Crippen molar-refractivity contribution in [1.29, 1.82) is 0 Å². The number of hydrogen-bond acceptors (Lipinski definition) is 4. The average molecular weight is 362 g/mol. The van der Waals surface area contributed by atoms with Crippen molar-refractivity contribution in [1.82, 2.24) is 15.2 Å². The third-order valence-electron chi connectivity index (χ3n) is 2.99. The quantitative estimate of drug-likeness (QED) is 0.715. The number of benzene rings is 1. The van der Waals surface area contributed by atoms with Crippen LogP contribution in [0, 0.1) is 0 Å². The fourth-order valence-electron chi connectivity index (χ4n) is 1.65. The Morgan fingerprint density at radius 3 is 2.26 bits per heavy atom. The van der Waals surface area contributed by atoms with Crippen LogP contribution in [0.4, 0.5) is 0 Å². The number of carbonyl (C=O) groups excluding carboxylic acids is 2. The summed E-state index contributed by atoms with van der Waals surface area (Å²) in [5.74, 6) is -0.946. The standard InChI is InChI=1S/C14H20ClN3O4S/c1-3-4-5-13(19)16-17-14(20)10-18(2)23(21,22)12-8-6-11(15)7-9-12/h6-9H,3-5,10H2,1-2H3,(H,16,19)(H,17,20). The number of rotatable bonds is 7. The van der Waals surface area contributed by atoms with Gasteiger partial charge in [0.05, 0.1) is 11.4 Å². The molecule has 0 spiro atoms. The number of likely N-dealkylation sites (N-methyl/N-ethyl adjacent to an activating group) is 1. The lowest BCUT2D eigenvalue weighted by Gasteiger charge is -2.17. The van der Waals surface area contributed by atoms with Crippen molar-refractivity contribution >= 4 is 33.4 Å². The molecule has 0 saturated carbocycles. The molecule has 0 aliphatic carbocycles. The molecule has 2 amide bonds. The van der Waals surface area contributed by atoms with Crippen LogP contribution in [0.5, 0.6) is 0 Å². The zero-order chi connectivity index (χ0) is 17.5. The predicted octanol–water partition coefficient (Wildman–Crippen LogP) is 1.30. The van der Waals surface area contributed by atoms with E-state index in [-0.39, 0.29) is 10.8 Å². The first-order valence-electron chi connectivity index (χ1n) is 7.07. The molecule has 7 nitrogen and oxygen atoms in total. The lowest BCUT2D eigenvalue weighted by molar-refractivity contribution is -0.128. The molecule has 0 aliphatic rings. The van der Waals surface area contributed by atoms with E-state index in [0.29, 0.717) is 17.9 Å². The topological polar surface area (TPSA) is 95.6 Å². The molecule has 0 unspecified atom stereocenters. The first kappa shape index (κ1) is 19.4. The molecule has 0 aliphatic heterocycles. The smallest absolute Gasteiger partial charge is 0.253 e. The molecule has 0 aromatic heterocycles. The predicted molar refractivity (Wildman–Crippen MR) is 87.1 cm³/mol. The maximum Gasteiger partial charge on any atom is 0.253 e. The number of nitrogens with zero attached hydrogens (tertiary/aromatic N) is 1. The second-order valence-corrected chi connectivity index (χ2v) is 7.40. The molecule has 0 saturated heterocycles. The Morgan fingerprint density at radius 1 is 1.13 bits per heavy atom. The molecule has 0 radical (unpaired) electrons. The lowest BCUT2D eigenvalue weighted by atomic mass is 10.2. The minimum absolute atomic E-state index is 0.0316. The van der Waals surface area contributed by atoms with E-state index in [1.54, 1.807) is 0 Å². The number of carbonyl (C=O) groups is 2. The number of halogens is 1. The van der Waals surface area contributed by atoms with E-state index in [4.69, 9.17) is 11.6 Å². The molecule has 23 heavy (non-hydrogen) atoms. The number of nitrogens with one attached hydrogen (secondary N) is 2. The molecule has 9 heteroatoms. The molecule has 1 rings (SSSR count). The number of unbranched alkanes of at least 4 members (excludes halogenated alkanes) is 1. The minimum atomic E-state index is -3.80. The van der Waals surface area contributed by atoms with Crippen LogP contribution in [-0.4, -0.2) is 38.1 Å². The Bertz CT molecular complexity index is 646. The highest BCUT2D eigenvalue weighted by molar-refractivity contribution is 7.89. The van der Waals surface area contributed by atoms with E-state index < -0.39 is 22.5 Å². The lowest BCUT2D eigenvalue weighted by Crippen LogP contribution is -2.46. The molecule has 0 bridgehead atoms. The van der Waals surface area contributed by atoms with Crippen LogP contribution in [0.1, 0.15) is 26.2 Å². The SMILES string of the molecule is CCCCC(=O)NNC(=O)CN(C)S(=O)(=O)c1ccc(Cl)cc1. The molecular formula is C14H20ClN3O4S. The summed E-state index contributed by atoms with van der Waals surface area (Å²) in [5, 5.41) is 0.416. The minimum Gasteiger partial charge on any atom is -0.273 e. The monoisotopic (exact) mass is 361 g/mol. The third-order valence-corrected chi connectivity index (χ3v) is 5.06. The van der Waals surface area contributed by atoms with E-state index in [1.807, 2.05) is 6.92 Å². The van der Waals surface area contributed by atoms with Crippen molar-refractivity contribution in [2.24, 2.45) is 0 Å². The van der Waals surface area contributed by atoms with Crippen LogP contribution in [0.2, 0.25) is 5.02 Å². The van der Waals surface area contributed by atoms with E-state index in [2.05, 4.69) is 10.9 Å². The van der Waals surface area contributed by atoms with Crippen LogP contribution >= 0.6 is 11.6 Å². The van der Waals surface area contributed by atoms with Crippen LogP contribution in [-0.2, 0) is 19.6 Å². The van der Waals surface area contributed by atoms with Gasteiger partial charge in [0.25, 0.3) is 5.91 Å². The zero-order valence-corrected chi connectivity index (χ0v) is 14.6. The molecule has 2 N–H and O–H groups in total. The van der Waals surface area contributed by atoms with Gasteiger partial charge in [0.2, 0.25) is 15.9 Å². The number of amides is 2. The van der Waals surface area contributed by atoms with Gasteiger partial charge in [0, 0.05) is 18.5 Å². The summed E-state index contributed by atoms with van der Waals surface area (Å²) < 4.78 is 25.4. The molecule has 0 atom stereocenters. The molecular weight excluding hydrogens is 342 g/mol. The number of hydrazine groups is 1. The van der Waals surface area contributed by atoms with Crippen LogP contribution in [0.25, 0.3) is 0 Å². The Hall–Kier alpha value is -1.64. The number of sulfonamides is 1. The van der Waals surface area contributed by atoms with E-state index in [9.17, 15) is 18.0 Å². The first-order chi connectivity index (χ1) is 10.8. The van der Waals surface area contributed by atoms with Crippen molar-refractivity contribution in [2.45, 2.75) is 31.1 Å². The second kappa shape index (κ2) is 8.85. The summed E-state index contributed by atoms with van der Waals surface area (Å²) >= 11 is 5.72. The van der Waals surface area contributed by atoms with Gasteiger partial charge in [-0.25, -0.2) is 8.42 Å². The highest BCUT2D eigenvalue weighted by Gasteiger charge is 2.22. The second-order valence-electron chi connectivity index (χ2n) is 4.91. The first-order valence-corrected chi connectivity index (χ1v) is 8.88. The van der Waals surface area contributed by atoms with Gasteiger partial charge in [-0.05, 0) is 30.7 Å². The van der Waals surface area contributed by atoms with E-state index >= 15 is 0 Å². The van der Waals surface area contributed by atoms with Crippen molar-refractivity contribution in [3.63, 3.8) is 0 Å². The molecule has 1 aromatic rings. The largest absolute Gasteiger partial charge is 0.273 e. The van der Waals surface area contributed by atoms with Gasteiger partial charge in [-0.3, -0.25) is 20.4 Å². The van der Waals surface area contributed by atoms with E-state index in [1.165, 1.54) is 31.3 Å². The van der Waals surface area contributed by atoms with E-state index in [0.717, 1.165) is 10.7 Å². The summed E-state index contributed by atoms with van der Waals surface area (Å²) in [4.78, 5) is 23.1. The van der Waals surface area contributed by atoms with Gasteiger partial charge >= 0.3 is 0 Å². The fourth-order valence-corrected chi connectivity index (χ4v) is 2.91. The normalized spacial score (nSPS) is 11.3. The summed E-state index contributed by atoms with van der Waals surface area (Å²) in [6.07, 6.45) is 1.88. The van der Waals surface area contributed by atoms with Crippen molar-refractivity contribution in [2.75, 3.05) is 13.6 Å². The highest BCUT2D eigenvalue weighted by atomic mass is 35.5. The zero-order valence-electron chi connectivity index (χ0n) is 13.0. The highest BCUT2D eigenvalue weighted by Crippen LogP contribution is 2.17. The van der Waals surface area contributed by atoms with Gasteiger partial charge in [-0.2, -0.15) is 4.31 Å². The Morgan fingerprint density at radius 2 is 1.70 bits per heavy atom. The molecule has 128 valence electrons. The number of hydrogen-bond donors (Lipinski definition) is 2. The van der Waals surface area contributed by atoms with Crippen molar-refractivity contribution in [3.05, 3.63) is 29.3 Å². The maximum absolute atomic E-state index is 12.3. The average Bonchev–Trinajstić information content (AvgIpc) is 2.51. The third kappa shape index (κ3) is 6.17. The molecule has 0 fully saturated rings. The van der Waals surface area contributed by atoms with Crippen LogP contribution in [0.3, 0.4) is 0 Å². The van der Waals surface area contributed by atoms with Crippen LogP contribution in [0.15, 0.2) is 29.2 Å². The van der Waals surface area contributed by atoms with Crippen molar-refractivity contribution in [3.8, 4) is 0 Å².